The van der Waals surface area contributed by atoms with Crippen molar-refractivity contribution in [1.29, 1.82) is 0 Å². The Balaban J connectivity index is 1.93. The first-order valence-electron chi connectivity index (χ1n) is 6.72. The first-order valence-corrected chi connectivity index (χ1v) is 7.60. The van der Waals surface area contributed by atoms with Crippen LogP contribution in [-0.4, -0.2) is 33.2 Å². The molecule has 0 spiro atoms. The standard InChI is InChI=1S/C13H20N4OS/c1-13(18)3-2-5-16(6-4-13)11-10(9-14)17-7-8-19-12(17)15-11/h7-8,18H,2-6,9,14H2,1H3. The number of rotatable bonds is 2. The average molecular weight is 280 g/mol. The van der Waals surface area contributed by atoms with Gasteiger partial charge in [0.15, 0.2) is 10.8 Å². The smallest absolute Gasteiger partial charge is 0.195 e. The molecule has 0 saturated carbocycles. The lowest BCUT2D eigenvalue weighted by molar-refractivity contribution is 0.0481. The molecule has 1 fully saturated rings. The first kappa shape index (κ1) is 12.9. The first-order chi connectivity index (χ1) is 9.11. The van der Waals surface area contributed by atoms with E-state index in [-0.39, 0.29) is 0 Å². The number of aliphatic hydroxyl groups is 1. The molecule has 104 valence electrons. The zero-order valence-corrected chi connectivity index (χ0v) is 12.0. The molecule has 0 aromatic carbocycles. The third kappa shape index (κ3) is 2.35. The summed E-state index contributed by atoms with van der Waals surface area (Å²) in [5.41, 5.74) is 6.41. The van der Waals surface area contributed by atoms with Crippen molar-refractivity contribution in [3.05, 3.63) is 17.3 Å². The van der Waals surface area contributed by atoms with E-state index in [4.69, 9.17) is 10.7 Å². The minimum absolute atomic E-state index is 0.486. The zero-order valence-electron chi connectivity index (χ0n) is 11.2. The third-order valence-electron chi connectivity index (χ3n) is 3.90. The quantitative estimate of drug-likeness (QED) is 0.877. The molecule has 1 saturated heterocycles. The summed E-state index contributed by atoms with van der Waals surface area (Å²) in [6.45, 7) is 4.19. The number of nitrogens with two attached hydrogens (primary N) is 1. The fourth-order valence-electron chi connectivity index (χ4n) is 2.74. The highest BCUT2D eigenvalue weighted by Gasteiger charge is 2.27. The van der Waals surface area contributed by atoms with E-state index in [1.807, 2.05) is 18.5 Å². The van der Waals surface area contributed by atoms with Gasteiger partial charge < -0.3 is 15.7 Å². The molecule has 0 amide bonds. The third-order valence-corrected chi connectivity index (χ3v) is 4.65. The summed E-state index contributed by atoms with van der Waals surface area (Å²) < 4.78 is 2.07. The molecule has 3 N–H and O–H groups in total. The Morgan fingerprint density at radius 1 is 1.47 bits per heavy atom. The topological polar surface area (TPSA) is 66.8 Å². The van der Waals surface area contributed by atoms with Gasteiger partial charge in [0, 0.05) is 31.2 Å². The average Bonchev–Trinajstić information content (AvgIpc) is 2.88. The van der Waals surface area contributed by atoms with Gasteiger partial charge in [-0.05, 0) is 26.2 Å². The molecule has 0 radical (unpaired) electrons. The Morgan fingerprint density at radius 3 is 3.11 bits per heavy atom. The van der Waals surface area contributed by atoms with E-state index in [1.165, 1.54) is 0 Å². The SMILES string of the molecule is CC1(O)CCCN(c2nc3sccn3c2CN)CC1. The number of aromatic nitrogens is 2. The highest BCUT2D eigenvalue weighted by atomic mass is 32.1. The van der Waals surface area contributed by atoms with Crippen LogP contribution in [0.4, 0.5) is 5.82 Å². The van der Waals surface area contributed by atoms with Crippen molar-refractivity contribution in [3.63, 3.8) is 0 Å². The predicted molar refractivity (Wildman–Crippen MR) is 77.6 cm³/mol. The monoisotopic (exact) mass is 280 g/mol. The molecule has 2 aromatic heterocycles. The van der Waals surface area contributed by atoms with Gasteiger partial charge >= 0.3 is 0 Å². The molecule has 6 heteroatoms. The molecule has 1 aliphatic heterocycles. The van der Waals surface area contributed by atoms with Crippen molar-refractivity contribution in [1.82, 2.24) is 9.38 Å². The Bertz CT molecular complexity index is 574. The predicted octanol–water partition coefficient (Wildman–Crippen LogP) is 1.60. The Morgan fingerprint density at radius 2 is 2.32 bits per heavy atom. The van der Waals surface area contributed by atoms with E-state index < -0.39 is 5.60 Å². The highest BCUT2D eigenvalue weighted by Crippen LogP contribution is 2.28. The summed E-state index contributed by atoms with van der Waals surface area (Å²) in [6, 6.07) is 0. The molecule has 1 aliphatic rings. The molecule has 3 heterocycles. The van der Waals surface area contributed by atoms with Gasteiger partial charge in [-0.3, -0.25) is 4.40 Å². The number of thiazole rings is 1. The van der Waals surface area contributed by atoms with E-state index in [9.17, 15) is 5.11 Å². The molecular formula is C13H20N4OS. The second-order valence-corrected chi connectivity index (χ2v) is 6.35. The zero-order chi connectivity index (χ0) is 13.5. The minimum Gasteiger partial charge on any atom is -0.390 e. The van der Waals surface area contributed by atoms with Crippen LogP contribution in [0.15, 0.2) is 11.6 Å². The molecule has 1 atom stereocenters. The summed E-state index contributed by atoms with van der Waals surface area (Å²) in [6.07, 6.45) is 4.64. The summed E-state index contributed by atoms with van der Waals surface area (Å²) in [4.78, 5) is 7.96. The molecule has 0 aliphatic carbocycles. The van der Waals surface area contributed by atoms with Crippen LogP contribution in [0.5, 0.6) is 0 Å². The Labute approximate surface area is 116 Å². The van der Waals surface area contributed by atoms with E-state index in [1.54, 1.807) is 11.3 Å². The maximum absolute atomic E-state index is 10.2. The van der Waals surface area contributed by atoms with Crippen LogP contribution in [0.2, 0.25) is 0 Å². The Kier molecular flexibility index (Phi) is 3.24. The van der Waals surface area contributed by atoms with Gasteiger partial charge in [0.25, 0.3) is 0 Å². The van der Waals surface area contributed by atoms with Crippen molar-refractivity contribution in [2.24, 2.45) is 5.73 Å². The molecule has 19 heavy (non-hydrogen) atoms. The Hall–Kier alpha value is -1.11. The van der Waals surface area contributed by atoms with Gasteiger partial charge in [-0.2, -0.15) is 0 Å². The van der Waals surface area contributed by atoms with E-state index in [0.29, 0.717) is 6.54 Å². The fourth-order valence-corrected chi connectivity index (χ4v) is 3.47. The van der Waals surface area contributed by atoms with Crippen LogP contribution in [0.3, 0.4) is 0 Å². The van der Waals surface area contributed by atoms with Gasteiger partial charge in [-0.25, -0.2) is 4.98 Å². The number of hydrogen-bond donors (Lipinski definition) is 2. The van der Waals surface area contributed by atoms with E-state index in [2.05, 4.69) is 9.30 Å². The number of nitrogens with zero attached hydrogens (tertiary/aromatic N) is 3. The molecule has 5 nitrogen and oxygen atoms in total. The van der Waals surface area contributed by atoms with E-state index in [0.717, 1.165) is 48.8 Å². The lowest BCUT2D eigenvalue weighted by atomic mass is 9.98. The summed E-state index contributed by atoms with van der Waals surface area (Å²) in [5.74, 6) is 0.993. The van der Waals surface area contributed by atoms with Crippen molar-refractivity contribution in [2.45, 2.75) is 38.3 Å². The van der Waals surface area contributed by atoms with Gasteiger partial charge in [0.1, 0.15) is 0 Å². The van der Waals surface area contributed by atoms with Crippen LogP contribution in [0.25, 0.3) is 4.96 Å². The van der Waals surface area contributed by atoms with Gasteiger partial charge in [-0.1, -0.05) is 0 Å². The number of anilines is 1. The molecule has 1 unspecified atom stereocenters. The van der Waals surface area contributed by atoms with Crippen LogP contribution in [0.1, 0.15) is 31.9 Å². The molecule has 3 rings (SSSR count). The summed E-state index contributed by atoms with van der Waals surface area (Å²) in [5, 5.41) is 12.2. The summed E-state index contributed by atoms with van der Waals surface area (Å²) in [7, 11) is 0. The minimum atomic E-state index is -0.547. The van der Waals surface area contributed by atoms with Crippen molar-refractivity contribution in [3.8, 4) is 0 Å². The second kappa shape index (κ2) is 4.77. The fraction of sp³-hybridized carbons (Fsp3) is 0.615. The molecule has 2 aromatic rings. The normalized spacial score (nSPS) is 24.9. The second-order valence-electron chi connectivity index (χ2n) is 5.48. The van der Waals surface area contributed by atoms with Crippen LogP contribution in [-0.2, 0) is 6.54 Å². The van der Waals surface area contributed by atoms with Crippen molar-refractivity contribution in [2.75, 3.05) is 18.0 Å². The lowest BCUT2D eigenvalue weighted by Gasteiger charge is -2.23. The highest BCUT2D eigenvalue weighted by molar-refractivity contribution is 7.15. The van der Waals surface area contributed by atoms with Gasteiger partial charge in [-0.15, -0.1) is 11.3 Å². The van der Waals surface area contributed by atoms with E-state index >= 15 is 0 Å². The van der Waals surface area contributed by atoms with Crippen molar-refractivity contribution < 1.29 is 5.11 Å². The number of fused-ring (bicyclic) bond motifs is 1. The number of imidazole rings is 1. The van der Waals surface area contributed by atoms with Crippen LogP contribution < -0.4 is 10.6 Å². The maximum Gasteiger partial charge on any atom is 0.195 e. The largest absolute Gasteiger partial charge is 0.390 e. The summed E-state index contributed by atoms with van der Waals surface area (Å²) >= 11 is 1.63. The van der Waals surface area contributed by atoms with Crippen LogP contribution in [0, 0.1) is 0 Å². The molecule has 0 bridgehead atoms. The van der Waals surface area contributed by atoms with Gasteiger partial charge in [0.05, 0.1) is 11.3 Å². The maximum atomic E-state index is 10.2. The van der Waals surface area contributed by atoms with Crippen molar-refractivity contribution >= 4 is 22.1 Å². The lowest BCUT2D eigenvalue weighted by Crippen LogP contribution is -2.29. The molecular weight excluding hydrogens is 260 g/mol. The van der Waals surface area contributed by atoms with Gasteiger partial charge in [0.2, 0.25) is 0 Å². The number of hydrogen-bond acceptors (Lipinski definition) is 5. The van der Waals surface area contributed by atoms with Crippen LogP contribution >= 0.6 is 11.3 Å².